The minimum Gasteiger partial charge on any atom is -0.402 e. The third-order valence-corrected chi connectivity index (χ3v) is 1.33. The van der Waals surface area contributed by atoms with Crippen LogP contribution in [0, 0.1) is 0 Å². The molecule has 0 radical (unpaired) electrons. The maximum atomic E-state index is 5.51. The van der Waals surface area contributed by atoms with Gasteiger partial charge < -0.3 is 11.5 Å². The van der Waals surface area contributed by atoms with Crippen LogP contribution in [0.1, 0.15) is 12.5 Å². The predicted molar refractivity (Wildman–Crippen MR) is 48.7 cm³/mol. The first-order valence-electron chi connectivity index (χ1n) is 3.48. The van der Waals surface area contributed by atoms with Gasteiger partial charge in [0, 0.05) is 11.4 Å². The highest BCUT2D eigenvalue weighted by molar-refractivity contribution is 5.54. The van der Waals surface area contributed by atoms with Crippen molar-refractivity contribution >= 4 is 11.8 Å². The van der Waals surface area contributed by atoms with Crippen LogP contribution in [0.4, 0.5) is 5.69 Å². The first-order chi connectivity index (χ1) is 5.18. The van der Waals surface area contributed by atoms with Crippen LogP contribution < -0.4 is 11.5 Å². The molecule has 0 amide bonds. The molecule has 0 fully saturated rings. The second kappa shape index (κ2) is 3.10. The molecule has 0 saturated heterocycles. The summed E-state index contributed by atoms with van der Waals surface area (Å²) < 4.78 is 0. The summed E-state index contributed by atoms with van der Waals surface area (Å²) in [6, 6.07) is 7.58. The van der Waals surface area contributed by atoms with Crippen LogP contribution in [0.5, 0.6) is 0 Å². The fraction of sp³-hybridized carbons (Fsp3) is 0.111. The lowest BCUT2D eigenvalue weighted by molar-refractivity contribution is 1.34. The smallest absolute Gasteiger partial charge is 0.0314 e. The molecule has 4 N–H and O–H groups in total. The Balaban J connectivity index is 2.91. The fourth-order valence-electron chi connectivity index (χ4n) is 0.855. The number of hydrogen-bond donors (Lipinski definition) is 2. The first-order valence-corrected chi connectivity index (χ1v) is 3.48. The number of rotatable bonds is 1. The Kier molecular flexibility index (Phi) is 2.16. The van der Waals surface area contributed by atoms with E-state index in [4.69, 9.17) is 11.5 Å². The van der Waals surface area contributed by atoms with E-state index in [1.807, 2.05) is 37.3 Å². The van der Waals surface area contributed by atoms with Gasteiger partial charge in [0.05, 0.1) is 0 Å². The number of anilines is 1. The van der Waals surface area contributed by atoms with Crippen LogP contribution in [0.15, 0.2) is 30.0 Å². The van der Waals surface area contributed by atoms with Crippen LogP contribution in [0.2, 0.25) is 0 Å². The Labute approximate surface area is 66.5 Å². The molecule has 0 unspecified atom stereocenters. The van der Waals surface area contributed by atoms with Crippen molar-refractivity contribution in [2.75, 3.05) is 5.73 Å². The largest absolute Gasteiger partial charge is 0.402 e. The Hall–Kier alpha value is -1.44. The lowest BCUT2D eigenvalue weighted by Gasteiger charge is -1.95. The maximum absolute atomic E-state index is 5.51. The van der Waals surface area contributed by atoms with Crippen molar-refractivity contribution in [3.8, 4) is 0 Å². The lowest BCUT2D eigenvalue weighted by atomic mass is 10.2. The minimum absolute atomic E-state index is 0.775. The van der Waals surface area contributed by atoms with E-state index in [9.17, 15) is 0 Å². The molecule has 1 aromatic carbocycles. The van der Waals surface area contributed by atoms with Gasteiger partial charge in [0.25, 0.3) is 0 Å². The van der Waals surface area contributed by atoms with Gasteiger partial charge in [-0.2, -0.15) is 0 Å². The minimum atomic E-state index is 0.775. The van der Waals surface area contributed by atoms with E-state index in [-0.39, 0.29) is 0 Å². The molecule has 0 aromatic heterocycles. The summed E-state index contributed by atoms with van der Waals surface area (Å²) >= 11 is 0. The fourth-order valence-corrected chi connectivity index (χ4v) is 0.855. The molecule has 1 aromatic rings. The maximum Gasteiger partial charge on any atom is 0.0314 e. The third kappa shape index (κ3) is 2.34. The molecule has 0 aliphatic heterocycles. The summed E-state index contributed by atoms with van der Waals surface area (Å²) in [4.78, 5) is 0. The van der Waals surface area contributed by atoms with Gasteiger partial charge in [0.1, 0.15) is 0 Å². The molecule has 1 rings (SSSR count). The third-order valence-electron chi connectivity index (χ3n) is 1.33. The first kappa shape index (κ1) is 7.66. The monoisotopic (exact) mass is 148 g/mol. The average molecular weight is 148 g/mol. The van der Waals surface area contributed by atoms with Crippen molar-refractivity contribution in [3.05, 3.63) is 35.5 Å². The molecule has 0 saturated carbocycles. The second-order valence-electron chi connectivity index (χ2n) is 2.56. The molecule has 0 aliphatic rings. The quantitative estimate of drug-likeness (QED) is 0.594. The molecular weight excluding hydrogens is 136 g/mol. The summed E-state index contributed by atoms with van der Waals surface area (Å²) in [5.74, 6) is 0. The molecule has 0 aliphatic carbocycles. The zero-order valence-corrected chi connectivity index (χ0v) is 6.54. The average Bonchev–Trinajstić information content (AvgIpc) is 1.93. The Morgan fingerprint density at radius 1 is 1.27 bits per heavy atom. The lowest BCUT2D eigenvalue weighted by Crippen LogP contribution is -1.89. The predicted octanol–water partition coefficient (Wildman–Crippen LogP) is 1.59. The van der Waals surface area contributed by atoms with E-state index < -0.39 is 0 Å². The SMILES string of the molecule is CC(N)=Cc1ccc(N)cc1. The van der Waals surface area contributed by atoms with Crippen molar-refractivity contribution in [1.29, 1.82) is 0 Å². The van der Waals surface area contributed by atoms with E-state index in [2.05, 4.69) is 0 Å². The van der Waals surface area contributed by atoms with Gasteiger partial charge in [0.15, 0.2) is 0 Å². The van der Waals surface area contributed by atoms with Gasteiger partial charge in [-0.05, 0) is 30.7 Å². The van der Waals surface area contributed by atoms with Crippen molar-refractivity contribution in [2.24, 2.45) is 5.73 Å². The number of benzene rings is 1. The molecule has 0 spiro atoms. The van der Waals surface area contributed by atoms with Crippen LogP contribution in [-0.4, -0.2) is 0 Å². The van der Waals surface area contributed by atoms with Gasteiger partial charge in [-0.25, -0.2) is 0 Å². The topological polar surface area (TPSA) is 52.0 Å². The molecule has 58 valence electrons. The molecule has 0 bridgehead atoms. The van der Waals surface area contributed by atoms with E-state index >= 15 is 0 Å². The van der Waals surface area contributed by atoms with E-state index in [0.29, 0.717) is 0 Å². The zero-order valence-electron chi connectivity index (χ0n) is 6.54. The van der Waals surface area contributed by atoms with Crippen molar-refractivity contribution < 1.29 is 0 Å². The highest BCUT2D eigenvalue weighted by Crippen LogP contribution is 2.07. The van der Waals surface area contributed by atoms with Gasteiger partial charge in [0.2, 0.25) is 0 Å². The molecule has 0 heterocycles. The van der Waals surface area contributed by atoms with Crippen LogP contribution in [-0.2, 0) is 0 Å². The van der Waals surface area contributed by atoms with Crippen LogP contribution in [0.25, 0.3) is 6.08 Å². The second-order valence-corrected chi connectivity index (χ2v) is 2.56. The van der Waals surface area contributed by atoms with E-state index in [1.165, 1.54) is 0 Å². The highest BCUT2D eigenvalue weighted by Gasteiger charge is 1.86. The van der Waals surface area contributed by atoms with Crippen molar-refractivity contribution in [2.45, 2.75) is 6.92 Å². The molecule has 11 heavy (non-hydrogen) atoms. The summed E-state index contributed by atoms with van der Waals surface area (Å²) in [6.45, 7) is 1.86. The molecule has 0 atom stereocenters. The standard InChI is InChI=1S/C9H12N2/c1-7(10)6-8-2-4-9(11)5-3-8/h2-6H,10-11H2,1H3. The van der Waals surface area contributed by atoms with Crippen LogP contribution in [0.3, 0.4) is 0 Å². The molecule has 2 nitrogen and oxygen atoms in total. The number of nitrogen functional groups attached to an aromatic ring is 1. The summed E-state index contributed by atoms with van der Waals surface area (Å²) in [5, 5.41) is 0. The van der Waals surface area contributed by atoms with Gasteiger partial charge >= 0.3 is 0 Å². The Morgan fingerprint density at radius 2 is 1.82 bits per heavy atom. The number of nitrogens with two attached hydrogens (primary N) is 2. The summed E-state index contributed by atoms with van der Waals surface area (Å²) in [6.07, 6.45) is 1.90. The van der Waals surface area contributed by atoms with Gasteiger partial charge in [-0.15, -0.1) is 0 Å². The normalized spacial score (nSPS) is 11.5. The number of hydrogen-bond acceptors (Lipinski definition) is 2. The Bertz CT molecular complexity index is 255. The molecule has 2 heteroatoms. The molecular formula is C9H12N2. The zero-order chi connectivity index (χ0) is 8.27. The van der Waals surface area contributed by atoms with Crippen molar-refractivity contribution in [3.63, 3.8) is 0 Å². The van der Waals surface area contributed by atoms with Gasteiger partial charge in [-0.1, -0.05) is 12.1 Å². The summed E-state index contributed by atoms with van der Waals surface area (Å²) in [5.41, 5.74) is 13.7. The van der Waals surface area contributed by atoms with Crippen molar-refractivity contribution in [1.82, 2.24) is 0 Å². The number of allylic oxidation sites excluding steroid dienone is 1. The van der Waals surface area contributed by atoms with Crippen LogP contribution >= 0.6 is 0 Å². The summed E-state index contributed by atoms with van der Waals surface area (Å²) in [7, 11) is 0. The highest BCUT2D eigenvalue weighted by atomic mass is 14.5. The van der Waals surface area contributed by atoms with E-state index in [0.717, 1.165) is 16.9 Å². The van der Waals surface area contributed by atoms with E-state index in [1.54, 1.807) is 0 Å². The Morgan fingerprint density at radius 3 is 2.27 bits per heavy atom. The van der Waals surface area contributed by atoms with Gasteiger partial charge in [-0.3, -0.25) is 0 Å².